The van der Waals surface area contributed by atoms with Crippen LogP contribution < -0.4 is 5.32 Å². The Morgan fingerprint density at radius 2 is 2.00 bits per heavy atom. The second-order valence-electron chi connectivity index (χ2n) is 6.69. The van der Waals surface area contributed by atoms with E-state index in [4.69, 9.17) is 0 Å². The number of benzene rings is 1. The fourth-order valence-corrected chi connectivity index (χ4v) is 3.15. The molecule has 2 atom stereocenters. The van der Waals surface area contributed by atoms with Gasteiger partial charge >= 0.3 is 0 Å². The van der Waals surface area contributed by atoms with Crippen LogP contribution in [0.1, 0.15) is 22.5 Å². The molecule has 1 aliphatic rings. The number of piperidine rings is 1. The van der Waals surface area contributed by atoms with Gasteiger partial charge < -0.3 is 15.3 Å². The van der Waals surface area contributed by atoms with Gasteiger partial charge in [0.15, 0.2) is 0 Å². The van der Waals surface area contributed by atoms with E-state index in [2.05, 4.69) is 10.3 Å². The molecule has 0 saturated carbocycles. The van der Waals surface area contributed by atoms with Gasteiger partial charge in [-0.15, -0.1) is 0 Å². The van der Waals surface area contributed by atoms with E-state index in [1.54, 1.807) is 41.4 Å². The van der Waals surface area contributed by atoms with Crippen molar-refractivity contribution >= 4 is 11.8 Å². The van der Waals surface area contributed by atoms with Crippen LogP contribution in [0, 0.1) is 11.7 Å². The Morgan fingerprint density at radius 3 is 2.67 bits per heavy atom. The van der Waals surface area contributed by atoms with Crippen molar-refractivity contribution in [3.63, 3.8) is 0 Å². The number of carbonyl (C=O) groups is 2. The van der Waals surface area contributed by atoms with Crippen molar-refractivity contribution in [2.75, 3.05) is 19.6 Å². The minimum atomic E-state index is -0.711. The molecule has 1 fully saturated rings. The Bertz CT molecular complexity index is 783. The van der Waals surface area contributed by atoms with E-state index < -0.39 is 6.10 Å². The number of halogens is 1. The summed E-state index contributed by atoms with van der Waals surface area (Å²) in [6, 6.07) is 10.9. The van der Waals surface area contributed by atoms with Gasteiger partial charge in [0.1, 0.15) is 11.5 Å². The molecule has 1 aromatic heterocycles. The van der Waals surface area contributed by atoms with E-state index in [1.807, 2.05) is 0 Å². The van der Waals surface area contributed by atoms with Crippen molar-refractivity contribution in [1.29, 1.82) is 0 Å². The van der Waals surface area contributed by atoms with E-state index in [0.717, 1.165) is 5.56 Å². The first kappa shape index (κ1) is 19.0. The summed E-state index contributed by atoms with van der Waals surface area (Å²) in [6.07, 6.45) is 1.61. The number of pyridine rings is 1. The fourth-order valence-electron chi connectivity index (χ4n) is 3.15. The minimum Gasteiger partial charge on any atom is -0.391 e. The van der Waals surface area contributed by atoms with Crippen LogP contribution in [0.4, 0.5) is 4.39 Å². The zero-order valence-electron chi connectivity index (χ0n) is 14.8. The van der Waals surface area contributed by atoms with Gasteiger partial charge in [-0.2, -0.15) is 0 Å². The summed E-state index contributed by atoms with van der Waals surface area (Å²) in [5.41, 5.74) is 1.08. The number of β-amino-alcohol motifs (C(OH)–C–C–N with tert-alkyl or cyclic N) is 1. The average molecular weight is 371 g/mol. The highest BCUT2D eigenvalue weighted by Crippen LogP contribution is 2.19. The Labute approximate surface area is 157 Å². The van der Waals surface area contributed by atoms with E-state index in [-0.39, 0.29) is 36.5 Å². The summed E-state index contributed by atoms with van der Waals surface area (Å²) < 4.78 is 12.9. The Morgan fingerprint density at radius 1 is 1.22 bits per heavy atom. The maximum absolute atomic E-state index is 12.9. The molecule has 0 aliphatic carbocycles. The predicted octanol–water partition coefficient (Wildman–Crippen LogP) is 1.40. The zero-order chi connectivity index (χ0) is 19.2. The lowest BCUT2D eigenvalue weighted by molar-refractivity contribution is -0.120. The van der Waals surface area contributed by atoms with Crippen molar-refractivity contribution in [3.8, 4) is 0 Å². The zero-order valence-corrected chi connectivity index (χ0v) is 14.8. The molecule has 2 N–H and O–H groups in total. The number of likely N-dealkylation sites (tertiary alicyclic amines) is 1. The molecule has 0 radical (unpaired) electrons. The monoisotopic (exact) mass is 371 g/mol. The van der Waals surface area contributed by atoms with Crippen LogP contribution >= 0.6 is 0 Å². The Hall–Kier alpha value is -2.80. The van der Waals surface area contributed by atoms with Gasteiger partial charge in [0.25, 0.3) is 5.91 Å². The number of aliphatic hydroxyl groups is 1. The van der Waals surface area contributed by atoms with Crippen molar-refractivity contribution < 1.29 is 19.1 Å². The third-order valence-corrected chi connectivity index (χ3v) is 4.73. The van der Waals surface area contributed by atoms with Crippen LogP contribution in [0.2, 0.25) is 0 Å². The lowest BCUT2D eigenvalue weighted by Gasteiger charge is -2.35. The average Bonchev–Trinajstić information content (AvgIpc) is 2.69. The first-order chi connectivity index (χ1) is 13.0. The number of hydrogen-bond acceptors (Lipinski definition) is 4. The number of nitrogens with one attached hydrogen (secondary N) is 1. The lowest BCUT2D eigenvalue weighted by atomic mass is 9.93. The SMILES string of the molecule is O=C(Cc1ccc(F)cc1)NC[C@H]1CCN(C(=O)c2ccccn2)C[C@@H]1O. The summed E-state index contributed by atoms with van der Waals surface area (Å²) >= 11 is 0. The summed E-state index contributed by atoms with van der Waals surface area (Å²) in [7, 11) is 0. The van der Waals surface area contributed by atoms with Gasteiger partial charge in [0.2, 0.25) is 5.91 Å². The molecular weight excluding hydrogens is 349 g/mol. The molecule has 2 heterocycles. The number of aliphatic hydroxyl groups excluding tert-OH is 1. The highest BCUT2D eigenvalue weighted by Gasteiger charge is 2.31. The van der Waals surface area contributed by atoms with Crippen LogP contribution in [-0.4, -0.2) is 52.5 Å². The highest BCUT2D eigenvalue weighted by molar-refractivity contribution is 5.92. The molecule has 27 heavy (non-hydrogen) atoms. The van der Waals surface area contributed by atoms with Crippen LogP contribution in [-0.2, 0) is 11.2 Å². The van der Waals surface area contributed by atoms with Gasteiger partial charge in [-0.05, 0) is 36.2 Å². The summed E-state index contributed by atoms with van der Waals surface area (Å²) in [5.74, 6) is -0.835. The molecule has 142 valence electrons. The fraction of sp³-hybridized carbons (Fsp3) is 0.350. The smallest absolute Gasteiger partial charge is 0.272 e. The van der Waals surface area contributed by atoms with Gasteiger partial charge in [-0.1, -0.05) is 18.2 Å². The quantitative estimate of drug-likeness (QED) is 0.832. The molecule has 7 heteroatoms. The minimum absolute atomic E-state index is 0.116. The molecule has 6 nitrogen and oxygen atoms in total. The number of hydrogen-bond donors (Lipinski definition) is 2. The number of nitrogens with zero attached hydrogens (tertiary/aromatic N) is 2. The maximum atomic E-state index is 12.9. The third kappa shape index (κ3) is 5.10. The molecule has 1 aliphatic heterocycles. The van der Waals surface area contributed by atoms with Gasteiger partial charge in [0, 0.05) is 31.7 Å². The number of carbonyl (C=O) groups excluding carboxylic acids is 2. The lowest BCUT2D eigenvalue weighted by Crippen LogP contribution is -2.49. The van der Waals surface area contributed by atoms with Crippen molar-refractivity contribution in [2.24, 2.45) is 5.92 Å². The summed E-state index contributed by atoms with van der Waals surface area (Å²) in [4.78, 5) is 30.1. The van der Waals surface area contributed by atoms with E-state index in [9.17, 15) is 19.1 Å². The molecule has 3 rings (SSSR count). The normalized spacial score (nSPS) is 19.6. The van der Waals surface area contributed by atoms with E-state index in [1.165, 1.54) is 12.1 Å². The Balaban J connectivity index is 1.46. The summed E-state index contributed by atoms with van der Waals surface area (Å²) in [5, 5.41) is 13.2. The molecule has 2 aromatic rings. The van der Waals surface area contributed by atoms with Gasteiger partial charge in [-0.25, -0.2) is 4.39 Å². The number of rotatable bonds is 5. The van der Waals surface area contributed by atoms with Gasteiger partial charge in [0.05, 0.1) is 12.5 Å². The largest absolute Gasteiger partial charge is 0.391 e. The number of aromatic nitrogens is 1. The second-order valence-corrected chi connectivity index (χ2v) is 6.69. The standard InChI is InChI=1S/C20H22FN3O3/c21-16-6-4-14(5-7-16)11-19(26)23-12-15-8-10-24(13-18(15)25)20(27)17-3-1-2-9-22-17/h1-7,9,15,18,25H,8,10-13H2,(H,23,26)/t15-,18+/m1/s1. The van der Waals surface area contributed by atoms with Crippen LogP contribution in [0.5, 0.6) is 0 Å². The molecule has 1 saturated heterocycles. The molecule has 2 amide bonds. The third-order valence-electron chi connectivity index (χ3n) is 4.73. The van der Waals surface area contributed by atoms with Gasteiger partial charge in [-0.3, -0.25) is 14.6 Å². The van der Waals surface area contributed by atoms with E-state index in [0.29, 0.717) is 25.2 Å². The van der Waals surface area contributed by atoms with Crippen LogP contribution in [0.15, 0.2) is 48.7 Å². The first-order valence-electron chi connectivity index (χ1n) is 8.92. The predicted molar refractivity (Wildman–Crippen MR) is 97.4 cm³/mol. The maximum Gasteiger partial charge on any atom is 0.272 e. The second kappa shape index (κ2) is 8.73. The number of amides is 2. The molecule has 0 bridgehead atoms. The highest BCUT2D eigenvalue weighted by atomic mass is 19.1. The van der Waals surface area contributed by atoms with Crippen molar-refractivity contribution in [2.45, 2.75) is 18.9 Å². The van der Waals surface area contributed by atoms with Crippen LogP contribution in [0.3, 0.4) is 0 Å². The van der Waals surface area contributed by atoms with Crippen molar-refractivity contribution in [3.05, 3.63) is 65.7 Å². The van der Waals surface area contributed by atoms with Crippen LogP contribution in [0.25, 0.3) is 0 Å². The summed E-state index contributed by atoms with van der Waals surface area (Å²) in [6.45, 7) is 1.06. The molecule has 0 unspecified atom stereocenters. The molecular formula is C20H22FN3O3. The molecule has 1 aromatic carbocycles. The van der Waals surface area contributed by atoms with Crippen molar-refractivity contribution in [1.82, 2.24) is 15.2 Å². The van der Waals surface area contributed by atoms with E-state index >= 15 is 0 Å². The molecule has 0 spiro atoms. The Kier molecular flexibility index (Phi) is 6.13. The first-order valence-corrected chi connectivity index (χ1v) is 8.92. The topological polar surface area (TPSA) is 82.5 Å².